The van der Waals surface area contributed by atoms with Crippen LogP contribution in [0.5, 0.6) is 23.0 Å². The molecule has 0 bridgehead atoms. The predicted molar refractivity (Wildman–Crippen MR) is 136 cm³/mol. The summed E-state index contributed by atoms with van der Waals surface area (Å²) in [6, 6.07) is 19.3. The number of esters is 1. The number of fused-ring (bicyclic) bond motifs is 3. The fourth-order valence-electron chi connectivity index (χ4n) is 6.13. The molecular formula is C29H29NO8. The first kappa shape index (κ1) is 25.4. The van der Waals surface area contributed by atoms with Crippen molar-refractivity contribution in [3.8, 4) is 23.0 Å². The number of amides is 1. The third-order valence-electron chi connectivity index (χ3n) is 7.55. The Labute approximate surface area is 220 Å². The van der Waals surface area contributed by atoms with Crippen LogP contribution >= 0.6 is 0 Å². The monoisotopic (exact) mass is 519 g/mol. The van der Waals surface area contributed by atoms with Crippen LogP contribution in [0.2, 0.25) is 0 Å². The third-order valence-corrected chi connectivity index (χ3v) is 7.55. The van der Waals surface area contributed by atoms with Gasteiger partial charge in [-0.05, 0) is 23.3 Å². The van der Waals surface area contributed by atoms with Crippen LogP contribution in [0, 0.1) is 5.92 Å². The zero-order valence-electron chi connectivity index (χ0n) is 21.5. The van der Waals surface area contributed by atoms with Crippen molar-refractivity contribution in [1.82, 2.24) is 0 Å². The highest BCUT2D eigenvalue weighted by molar-refractivity contribution is 5.82. The highest BCUT2D eigenvalue weighted by Gasteiger charge is 2.79. The molecule has 9 nitrogen and oxygen atoms in total. The summed E-state index contributed by atoms with van der Waals surface area (Å²) >= 11 is 0. The van der Waals surface area contributed by atoms with E-state index >= 15 is 0 Å². The summed E-state index contributed by atoms with van der Waals surface area (Å²) in [5.74, 6) is -1.94. The van der Waals surface area contributed by atoms with Gasteiger partial charge in [-0.25, -0.2) is 0 Å². The number of carbonyl (C=O) groups excluding carboxylic acids is 2. The summed E-state index contributed by atoms with van der Waals surface area (Å²) < 4.78 is 29.0. The number of hydrogen-bond donors (Lipinski definition) is 2. The number of benzene rings is 3. The lowest BCUT2D eigenvalue weighted by Gasteiger charge is -2.41. The molecule has 1 aliphatic carbocycles. The highest BCUT2D eigenvalue weighted by atomic mass is 16.6. The van der Waals surface area contributed by atoms with E-state index in [2.05, 4.69) is 0 Å². The molecule has 38 heavy (non-hydrogen) atoms. The average Bonchev–Trinajstić information content (AvgIpc) is 3.31. The SMILES string of the molecule is COc1ccc(C23Oc4cc(OC)cc(OC)c4C2(O)C(OC(C)=O)C(C(N)=O)C3c2ccccc2)cc1. The molecule has 1 amide bonds. The molecule has 2 aliphatic rings. The molecule has 5 unspecified atom stereocenters. The van der Waals surface area contributed by atoms with Crippen LogP contribution in [0.4, 0.5) is 0 Å². The molecule has 5 rings (SSSR count). The standard InChI is InChI=1S/C29H29NO8/c1-16(31)37-26-23(27(30)32)24(17-8-6-5-7-9-17)29(18-10-12-19(34-2)13-11-18)28(26,33)25-21(36-4)14-20(35-3)15-22(25)38-29/h5-15,23-24,26,33H,1-4H3,(H2,30,32). The Morgan fingerprint density at radius 3 is 2.13 bits per heavy atom. The maximum absolute atomic E-state index is 13.2. The van der Waals surface area contributed by atoms with E-state index in [1.165, 1.54) is 21.1 Å². The number of aliphatic hydroxyl groups is 1. The van der Waals surface area contributed by atoms with E-state index in [-0.39, 0.29) is 17.1 Å². The number of methoxy groups -OCH3 is 3. The molecular weight excluding hydrogens is 490 g/mol. The van der Waals surface area contributed by atoms with Crippen LogP contribution in [-0.4, -0.2) is 44.4 Å². The summed E-state index contributed by atoms with van der Waals surface area (Å²) in [4.78, 5) is 25.6. The first-order chi connectivity index (χ1) is 18.2. The molecule has 3 aromatic rings. The molecule has 0 radical (unpaired) electrons. The van der Waals surface area contributed by atoms with Crippen molar-refractivity contribution in [1.29, 1.82) is 0 Å². The third kappa shape index (κ3) is 3.42. The van der Waals surface area contributed by atoms with Crippen molar-refractivity contribution in [3.63, 3.8) is 0 Å². The van der Waals surface area contributed by atoms with Gasteiger partial charge in [-0.3, -0.25) is 9.59 Å². The van der Waals surface area contributed by atoms with E-state index in [0.29, 0.717) is 22.6 Å². The Balaban J connectivity index is 1.92. The number of rotatable bonds is 7. The van der Waals surface area contributed by atoms with Gasteiger partial charge in [0, 0.05) is 25.0 Å². The maximum Gasteiger partial charge on any atom is 0.303 e. The minimum atomic E-state index is -2.10. The summed E-state index contributed by atoms with van der Waals surface area (Å²) in [7, 11) is 4.50. The van der Waals surface area contributed by atoms with Gasteiger partial charge in [0.25, 0.3) is 0 Å². The first-order valence-electron chi connectivity index (χ1n) is 12.1. The van der Waals surface area contributed by atoms with Gasteiger partial charge in [0.05, 0.1) is 32.8 Å². The summed E-state index contributed by atoms with van der Waals surface area (Å²) in [5.41, 5.74) is 3.66. The zero-order chi connectivity index (χ0) is 27.2. The van der Waals surface area contributed by atoms with Crippen LogP contribution in [0.25, 0.3) is 0 Å². The van der Waals surface area contributed by atoms with Crippen molar-refractivity contribution < 1.29 is 38.4 Å². The minimum Gasteiger partial charge on any atom is -0.497 e. The van der Waals surface area contributed by atoms with Crippen molar-refractivity contribution in [3.05, 3.63) is 83.4 Å². The molecule has 0 aromatic heterocycles. The number of primary amides is 1. The molecule has 1 saturated carbocycles. The van der Waals surface area contributed by atoms with Crippen molar-refractivity contribution >= 4 is 11.9 Å². The second-order valence-corrected chi connectivity index (χ2v) is 9.38. The molecule has 3 aromatic carbocycles. The molecule has 3 N–H and O–H groups in total. The zero-order valence-corrected chi connectivity index (χ0v) is 21.5. The lowest BCUT2D eigenvalue weighted by molar-refractivity contribution is -0.183. The topological polar surface area (TPSA) is 127 Å². The normalized spacial score (nSPS) is 27.0. The quantitative estimate of drug-likeness (QED) is 0.456. The van der Waals surface area contributed by atoms with Crippen molar-refractivity contribution in [2.75, 3.05) is 21.3 Å². The van der Waals surface area contributed by atoms with Gasteiger partial charge >= 0.3 is 5.97 Å². The van der Waals surface area contributed by atoms with Gasteiger partial charge in [0.2, 0.25) is 5.91 Å². The smallest absolute Gasteiger partial charge is 0.303 e. The van der Waals surface area contributed by atoms with E-state index in [9.17, 15) is 14.7 Å². The largest absolute Gasteiger partial charge is 0.497 e. The summed E-state index contributed by atoms with van der Waals surface area (Å²) in [5, 5.41) is 13.0. The maximum atomic E-state index is 13.2. The van der Waals surface area contributed by atoms with Crippen molar-refractivity contribution in [2.45, 2.75) is 30.1 Å². The van der Waals surface area contributed by atoms with E-state index in [1.54, 1.807) is 43.5 Å². The van der Waals surface area contributed by atoms with Crippen LogP contribution in [0.15, 0.2) is 66.7 Å². The molecule has 1 aliphatic heterocycles. The Morgan fingerprint density at radius 2 is 1.58 bits per heavy atom. The van der Waals surface area contributed by atoms with E-state index < -0.39 is 41.0 Å². The molecule has 1 fully saturated rings. The highest BCUT2D eigenvalue weighted by Crippen LogP contribution is 2.70. The van der Waals surface area contributed by atoms with Crippen LogP contribution < -0.4 is 24.7 Å². The fraction of sp³-hybridized carbons (Fsp3) is 0.310. The molecule has 1 heterocycles. The molecule has 9 heteroatoms. The minimum absolute atomic E-state index is 0.229. The van der Waals surface area contributed by atoms with Crippen LogP contribution in [0.3, 0.4) is 0 Å². The number of carbonyl (C=O) groups is 2. The van der Waals surface area contributed by atoms with E-state index in [1.807, 2.05) is 30.3 Å². The lowest BCUT2D eigenvalue weighted by atomic mass is 9.70. The second kappa shape index (κ2) is 9.25. The van der Waals surface area contributed by atoms with Gasteiger partial charge < -0.3 is 34.5 Å². The lowest BCUT2D eigenvalue weighted by Crippen LogP contribution is -2.53. The number of nitrogens with two attached hydrogens (primary N) is 1. The predicted octanol–water partition coefficient (Wildman–Crippen LogP) is 3.02. The molecule has 5 atom stereocenters. The molecule has 0 spiro atoms. The van der Waals surface area contributed by atoms with Gasteiger partial charge in [-0.2, -0.15) is 0 Å². The summed E-state index contributed by atoms with van der Waals surface area (Å²) in [6.45, 7) is 1.22. The van der Waals surface area contributed by atoms with Gasteiger partial charge in [-0.1, -0.05) is 42.5 Å². The van der Waals surface area contributed by atoms with E-state index in [4.69, 9.17) is 29.4 Å². The Morgan fingerprint density at radius 1 is 0.921 bits per heavy atom. The summed E-state index contributed by atoms with van der Waals surface area (Å²) in [6.07, 6.45) is -1.41. The Hall–Kier alpha value is -4.24. The van der Waals surface area contributed by atoms with Gasteiger partial charge in [0.15, 0.2) is 17.3 Å². The second-order valence-electron chi connectivity index (χ2n) is 9.38. The first-order valence-corrected chi connectivity index (χ1v) is 12.1. The number of hydrogen-bond acceptors (Lipinski definition) is 8. The molecule has 0 saturated heterocycles. The average molecular weight is 520 g/mol. The fourth-order valence-corrected chi connectivity index (χ4v) is 6.13. The van der Waals surface area contributed by atoms with Crippen LogP contribution in [-0.2, 0) is 25.5 Å². The molecule has 198 valence electrons. The Kier molecular flexibility index (Phi) is 6.19. The van der Waals surface area contributed by atoms with Crippen LogP contribution in [0.1, 0.15) is 29.5 Å². The van der Waals surface area contributed by atoms with Crippen molar-refractivity contribution in [2.24, 2.45) is 11.7 Å². The van der Waals surface area contributed by atoms with Gasteiger partial charge in [-0.15, -0.1) is 0 Å². The Bertz CT molecular complexity index is 1380. The van der Waals surface area contributed by atoms with Gasteiger partial charge in [0.1, 0.15) is 23.0 Å². The van der Waals surface area contributed by atoms with E-state index in [0.717, 1.165) is 0 Å². The number of ether oxygens (including phenoxy) is 5.